The van der Waals surface area contributed by atoms with E-state index in [2.05, 4.69) is 26.6 Å². The summed E-state index contributed by atoms with van der Waals surface area (Å²) in [5, 5.41) is 24.1. The third kappa shape index (κ3) is 5.68. The number of carbonyl (C=O) groups excluding carboxylic acids is 1. The van der Waals surface area contributed by atoms with Gasteiger partial charge < -0.3 is 20.5 Å². The molecule has 3 atom stereocenters. The van der Waals surface area contributed by atoms with Crippen molar-refractivity contribution in [3.8, 4) is 5.75 Å². The molecular formula is C15H25N5O3. The van der Waals surface area contributed by atoms with E-state index in [-0.39, 0.29) is 31.1 Å². The summed E-state index contributed by atoms with van der Waals surface area (Å²) >= 11 is 0. The van der Waals surface area contributed by atoms with Crippen LogP contribution in [0.15, 0.2) is 24.3 Å². The van der Waals surface area contributed by atoms with Gasteiger partial charge in [-0.2, -0.15) is 0 Å². The highest BCUT2D eigenvalue weighted by Crippen LogP contribution is 2.14. The average Bonchev–Trinajstić information content (AvgIpc) is 2.53. The maximum absolute atomic E-state index is 12.1. The van der Waals surface area contributed by atoms with Gasteiger partial charge in [0.1, 0.15) is 12.0 Å². The molecule has 0 aromatic heterocycles. The standard InChI is InChI=1S/C15H25N5O3/c1-10-9-13(16-7-8-21)19-14(17-10)20-15(22)18-11-3-5-12(23-2)6-4-11/h3-6,10,13-14,16-17,19,21H,7-9H2,1-2H3,(H2,18,20,22). The highest BCUT2D eigenvalue weighted by Gasteiger charge is 2.25. The molecule has 1 aliphatic heterocycles. The Kier molecular flexibility index (Phi) is 6.60. The van der Waals surface area contributed by atoms with Gasteiger partial charge in [-0.15, -0.1) is 0 Å². The van der Waals surface area contributed by atoms with Crippen LogP contribution in [0.1, 0.15) is 13.3 Å². The summed E-state index contributed by atoms with van der Waals surface area (Å²) in [6.07, 6.45) is 0.538. The molecule has 1 aromatic carbocycles. The van der Waals surface area contributed by atoms with Crippen LogP contribution in [0.5, 0.6) is 5.75 Å². The number of amides is 2. The van der Waals surface area contributed by atoms with E-state index in [0.29, 0.717) is 12.2 Å². The Bertz CT molecular complexity index is 496. The van der Waals surface area contributed by atoms with Gasteiger partial charge in [0.2, 0.25) is 0 Å². The van der Waals surface area contributed by atoms with E-state index >= 15 is 0 Å². The van der Waals surface area contributed by atoms with Crippen molar-refractivity contribution in [1.29, 1.82) is 0 Å². The minimum Gasteiger partial charge on any atom is -0.497 e. The van der Waals surface area contributed by atoms with Gasteiger partial charge >= 0.3 is 6.03 Å². The van der Waals surface area contributed by atoms with Crippen LogP contribution in [0, 0.1) is 0 Å². The molecule has 1 aliphatic rings. The topological polar surface area (TPSA) is 107 Å². The molecule has 1 fully saturated rings. The SMILES string of the molecule is COc1ccc(NC(=O)NC2NC(C)CC(NCCO)N2)cc1. The second-order valence-electron chi connectivity index (χ2n) is 5.46. The van der Waals surface area contributed by atoms with E-state index in [9.17, 15) is 4.79 Å². The normalized spacial score (nSPS) is 24.0. The van der Waals surface area contributed by atoms with Crippen molar-refractivity contribution in [3.05, 3.63) is 24.3 Å². The number of aliphatic hydroxyl groups excluding tert-OH is 1. The van der Waals surface area contributed by atoms with E-state index in [1.807, 2.05) is 6.92 Å². The third-order valence-corrected chi connectivity index (χ3v) is 3.53. The lowest BCUT2D eigenvalue weighted by molar-refractivity contribution is 0.185. The van der Waals surface area contributed by atoms with Crippen LogP contribution in [0.4, 0.5) is 10.5 Å². The first-order valence-corrected chi connectivity index (χ1v) is 7.68. The van der Waals surface area contributed by atoms with Crippen molar-refractivity contribution in [3.63, 3.8) is 0 Å². The number of nitrogens with one attached hydrogen (secondary N) is 5. The van der Waals surface area contributed by atoms with Gasteiger partial charge in [0.15, 0.2) is 0 Å². The zero-order chi connectivity index (χ0) is 16.7. The zero-order valence-electron chi connectivity index (χ0n) is 13.4. The molecule has 0 saturated carbocycles. The van der Waals surface area contributed by atoms with Gasteiger partial charge in [-0.3, -0.25) is 16.0 Å². The number of methoxy groups -OCH3 is 1. The quantitative estimate of drug-likeness (QED) is 0.439. The molecular weight excluding hydrogens is 298 g/mol. The average molecular weight is 323 g/mol. The largest absolute Gasteiger partial charge is 0.497 e. The van der Waals surface area contributed by atoms with Crippen LogP contribution in [0.25, 0.3) is 0 Å². The molecule has 6 N–H and O–H groups in total. The first kappa shape index (κ1) is 17.5. The predicted molar refractivity (Wildman–Crippen MR) is 88.2 cm³/mol. The van der Waals surface area contributed by atoms with Crippen LogP contribution >= 0.6 is 0 Å². The fourth-order valence-electron chi connectivity index (χ4n) is 2.46. The molecule has 0 aliphatic carbocycles. The summed E-state index contributed by atoms with van der Waals surface area (Å²) in [4.78, 5) is 12.1. The lowest BCUT2D eigenvalue weighted by Gasteiger charge is -2.36. The van der Waals surface area contributed by atoms with Gasteiger partial charge in [-0.05, 0) is 37.6 Å². The molecule has 8 nitrogen and oxygen atoms in total. The molecule has 1 heterocycles. The first-order chi connectivity index (χ1) is 11.1. The Morgan fingerprint density at radius 2 is 2.09 bits per heavy atom. The maximum Gasteiger partial charge on any atom is 0.321 e. The zero-order valence-corrected chi connectivity index (χ0v) is 13.4. The number of anilines is 1. The molecule has 2 rings (SSSR count). The molecule has 8 heteroatoms. The molecule has 3 unspecified atom stereocenters. The Morgan fingerprint density at radius 1 is 1.35 bits per heavy atom. The molecule has 0 radical (unpaired) electrons. The summed E-state index contributed by atoms with van der Waals surface area (Å²) in [5.41, 5.74) is 0.683. The lowest BCUT2D eigenvalue weighted by atomic mass is 10.1. The summed E-state index contributed by atoms with van der Waals surface area (Å²) in [6.45, 7) is 2.63. The Balaban J connectivity index is 1.83. The van der Waals surface area contributed by atoms with Crippen molar-refractivity contribution < 1.29 is 14.6 Å². The van der Waals surface area contributed by atoms with Crippen LogP contribution in [0.3, 0.4) is 0 Å². The fourth-order valence-corrected chi connectivity index (χ4v) is 2.46. The second kappa shape index (κ2) is 8.68. The number of hydrogen-bond acceptors (Lipinski definition) is 6. The van der Waals surface area contributed by atoms with Gasteiger partial charge in [0.25, 0.3) is 0 Å². The highest BCUT2D eigenvalue weighted by molar-refractivity contribution is 5.89. The van der Waals surface area contributed by atoms with E-state index < -0.39 is 0 Å². The minimum atomic E-state index is -0.354. The van der Waals surface area contributed by atoms with E-state index in [1.54, 1.807) is 31.4 Å². The minimum absolute atomic E-state index is 0.0321. The monoisotopic (exact) mass is 323 g/mol. The van der Waals surface area contributed by atoms with Gasteiger partial charge in [0.05, 0.1) is 19.9 Å². The van der Waals surface area contributed by atoms with E-state index in [1.165, 1.54) is 0 Å². The molecule has 23 heavy (non-hydrogen) atoms. The van der Waals surface area contributed by atoms with Gasteiger partial charge in [-0.25, -0.2) is 4.79 Å². The first-order valence-electron chi connectivity index (χ1n) is 7.68. The van der Waals surface area contributed by atoms with Crippen LogP contribution < -0.4 is 31.3 Å². The highest BCUT2D eigenvalue weighted by atomic mass is 16.5. The van der Waals surface area contributed by atoms with Crippen LogP contribution in [-0.4, -0.2) is 49.9 Å². The van der Waals surface area contributed by atoms with Crippen LogP contribution in [-0.2, 0) is 0 Å². The van der Waals surface area contributed by atoms with Crippen molar-refractivity contribution in [2.24, 2.45) is 0 Å². The maximum atomic E-state index is 12.1. The Morgan fingerprint density at radius 3 is 2.74 bits per heavy atom. The predicted octanol–water partition coefficient (Wildman–Crippen LogP) is -0.0203. The third-order valence-electron chi connectivity index (χ3n) is 3.53. The molecule has 1 aromatic rings. The van der Waals surface area contributed by atoms with Gasteiger partial charge in [0, 0.05) is 18.3 Å². The number of urea groups is 1. The molecule has 2 amide bonds. The number of carbonyl (C=O) groups is 1. The fraction of sp³-hybridized carbons (Fsp3) is 0.533. The number of rotatable bonds is 6. The van der Waals surface area contributed by atoms with Crippen molar-refractivity contribution in [2.75, 3.05) is 25.6 Å². The van der Waals surface area contributed by atoms with Crippen molar-refractivity contribution in [2.45, 2.75) is 31.8 Å². The summed E-state index contributed by atoms with van der Waals surface area (Å²) < 4.78 is 5.08. The lowest BCUT2D eigenvalue weighted by Crippen LogP contribution is -2.67. The Labute approximate surface area is 136 Å². The van der Waals surface area contributed by atoms with Crippen molar-refractivity contribution >= 4 is 11.7 Å². The molecule has 0 spiro atoms. The number of benzene rings is 1. The van der Waals surface area contributed by atoms with Crippen LogP contribution in [0.2, 0.25) is 0 Å². The summed E-state index contributed by atoms with van der Waals surface area (Å²) in [5.74, 6) is 0.734. The number of hydrogen-bond donors (Lipinski definition) is 6. The second-order valence-corrected chi connectivity index (χ2v) is 5.46. The molecule has 128 valence electrons. The molecule has 0 bridgehead atoms. The van der Waals surface area contributed by atoms with Gasteiger partial charge in [-0.1, -0.05) is 0 Å². The van der Waals surface area contributed by atoms with E-state index in [0.717, 1.165) is 12.2 Å². The smallest absolute Gasteiger partial charge is 0.321 e. The molecule has 1 saturated heterocycles. The number of aliphatic hydroxyl groups is 1. The summed E-state index contributed by atoms with van der Waals surface area (Å²) in [6, 6.07) is 7.03. The van der Waals surface area contributed by atoms with E-state index in [4.69, 9.17) is 9.84 Å². The number of ether oxygens (including phenoxy) is 1. The summed E-state index contributed by atoms with van der Waals surface area (Å²) in [7, 11) is 1.60. The Hall–Kier alpha value is -1.87. The van der Waals surface area contributed by atoms with Crippen molar-refractivity contribution in [1.82, 2.24) is 21.3 Å².